The van der Waals surface area contributed by atoms with Gasteiger partial charge < -0.3 is 0 Å². The monoisotopic (exact) mass is 450 g/mol. The highest BCUT2D eigenvalue weighted by atomic mass is 32.2. The Hall–Kier alpha value is -2.98. The van der Waals surface area contributed by atoms with E-state index in [2.05, 4.69) is 9.71 Å². The number of alkyl halides is 3. The van der Waals surface area contributed by atoms with E-state index in [1.54, 1.807) is 60.7 Å². The average molecular weight is 450 g/mol. The van der Waals surface area contributed by atoms with Crippen molar-refractivity contribution in [2.75, 3.05) is 9.03 Å². The zero-order valence-electron chi connectivity index (χ0n) is 15.2. The topological polar surface area (TPSA) is 61.8 Å². The Morgan fingerprint density at radius 2 is 1.53 bits per heavy atom. The van der Waals surface area contributed by atoms with E-state index in [4.69, 9.17) is 0 Å². The molecule has 0 aromatic heterocycles. The summed E-state index contributed by atoms with van der Waals surface area (Å²) in [6.45, 7) is 0. The van der Waals surface area contributed by atoms with Gasteiger partial charge in [0, 0.05) is 11.8 Å². The molecule has 3 aromatic rings. The van der Waals surface area contributed by atoms with E-state index in [-0.39, 0.29) is 15.5 Å². The van der Waals surface area contributed by atoms with Crippen LogP contribution in [-0.4, -0.2) is 20.3 Å². The molecule has 0 saturated carbocycles. The number of anilines is 2. The first-order valence-corrected chi connectivity index (χ1v) is 11.3. The SMILES string of the molecule is O=S(=O)(Nc1ccccc1)c1ccc2c(c1)[S+](C(F)(F)F)N(c1ccccc1)C=N2. The summed E-state index contributed by atoms with van der Waals surface area (Å²) < 4.78 is 71.1. The third-order valence-electron chi connectivity index (χ3n) is 4.20. The molecule has 1 atom stereocenters. The summed E-state index contributed by atoms with van der Waals surface area (Å²) in [4.78, 5) is 3.64. The van der Waals surface area contributed by atoms with Gasteiger partial charge in [0.25, 0.3) is 21.1 Å². The minimum absolute atomic E-state index is 0.0847. The molecule has 0 radical (unpaired) electrons. The number of halogens is 3. The molecule has 0 aliphatic carbocycles. The van der Waals surface area contributed by atoms with Crippen molar-refractivity contribution in [1.29, 1.82) is 0 Å². The molecule has 1 heterocycles. The molecule has 1 aliphatic heterocycles. The molecule has 3 aromatic carbocycles. The van der Waals surface area contributed by atoms with E-state index in [1.807, 2.05) is 0 Å². The molecule has 0 fully saturated rings. The van der Waals surface area contributed by atoms with Gasteiger partial charge in [-0.2, -0.15) is 0 Å². The van der Waals surface area contributed by atoms with Crippen LogP contribution in [0.2, 0.25) is 0 Å². The zero-order chi connectivity index (χ0) is 21.4. The predicted octanol–water partition coefficient (Wildman–Crippen LogP) is 5.08. The summed E-state index contributed by atoms with van der Waals surface area (Å²) >= 11 is -2.43. The summed E-state index contributed by atoms with van der Waals surface area (Å²) in [5.74, 6) is 0. The Balaban J connectivity index is 1.78. The van der Waals surface area contributed by atoms with Crippen LogP contribution in [-0.2, 0) is 21.1 Å². The highest BCUT2D eigenvalue weighted by Gasteiger charge is 2.60. The quantitative estimate of drug-likeness (QED) is 0.564. The van der Waals surface area contributed by atoms with Crippen molar-refractivity contribution in [2.45, 2.75) is 15.3 Å². The Bertz CT molecular complexity index is 1180. The summed E-state index contributed by atoms with van der Waals surface area (Å²) in [7, 11) is -4.08. The molecule has 154 valence electrons. The van der Waals surface area contributed by atoms with Gasteiger partial charge in [-0.15, -0.1) is 17.5 Å². The van der Waals surface area contributed by atoms with Crippen molar-refractivity contribution >= 4 is 44.5 Å². The van der Waals surface area contributed by atoms with Crippen molar-refractivity contribution < 1.29 is 21.6 Å². The van der Waals surface area contributed by atoms with Crippen molar-refractivity contribution in [1.82, 2.24) is 0 Å². The lowest BCUT2D eigenvalue weighted by molar-refractivity contribution is -0.0370. The van der Waals surface area contributed by atoms with Gasteiger partial charge in [0.1, 0.15) is 12.0 Å². The van der Waals surface area contributed by atoms with Crippen LogP contribution in [0.4, 0.5) is 30.2 Å². The van der Waals surface area contributed by atoms with Gasteiger partial charge in [-0.3, -0.25) is 4.72 Å². The smallest absolute Gasteiger partial charge is 0.280 e. The minimum Gasteiger partial charge on any atom is -0.280 e. The molecule has 1 N–H and O–H groups in total. The fraction of sp³-hybridized carbons (Fsp3) is 0.0500. The molecule has 0 spiro atoms. The maximum absolute atomic E-state index is 14.1. The Morgan fingerprint density at radius 3 is 2.17 bits per heavy atom. The van der Waals surface area contributed by atoms with E-state index < -0.39 is 26.6 Å². The van der Waals surface area contributed by atoms with Gasteiger partial charge in [-0.25, -0.2) is 13.4 Å². The Labute approximate surface area is 174 Å². The lowest BCUT2D eigenvalue weighted by Gasteiger charge is -2.24. The van der Waals surface area contributed by atoms with Gasteiger partial charge >= 0.3 is 5.51 Å². The number of rotatable bonds is 4. The second-order valence-corrected chi connectivity index (χ2v) is 9.79. The lowest BCUT2D eigenvalue weighted by atomic mass is 10.3. The molecule has 5 nitrogen and oxygen atoms in total. The van der Waals surface area contributed by atoms with E-state index in [1.165, 1.54) is 12.1 Å². The number of para-hydroxylation sites is 2. The van der Waals surface area contributed by atoms with Crippen molar-refractivity contribution in [3.8, 4) is 0 Å². The van der Waals surface area contributed by atoms with E-state index in [0.29, 0.717) is 11.4 Å². The van der Waals surface area contributed by atoms with Gasteiger partial charge in [-0.05, 0) is 36.4 Å². The third kappa shape index (κ3) is 4.01. The van der Waals surface area contributed by atoms with E-state index in [0.717, 1.165) is 16.7 Å². The number of sulfonamides is 1. The average Bonchev–Trinajstić information content (AvgIpc) is 2.73. The zero-order valence-corrected chi connectivity index (χ0v) is 16.9. The number of hydrogen-bond donors (Lipinski definition) is 1. The lowest BCUT2D eigenvalue weighted by Crippen LogP contribution is -2.42. The highest BCUT2D eigenvalue weighted by molar-refractivity contribution is 8.00. The molecule has 0 bridgehead atoms. The Kier molecular flexibility index (Phi) is 5.20. The van der Waals surface area contributed by atoms with Crippen LogP contribution >= 0.6 is 0 Å². The molecule has 0 saturated heterocycles. The normalized spacial score (nSPS) is 16.2. The number of nitrogens with zero attached hydrogens (tertiary/aromatic N) is 2. The molecule has 1 unspecified atom stereocenters. The first-order valence-electron chi connectivity index (χ1n) is 8.67. The van der Waals surface area contributed by atoms with E-state index in [9.17, 15) is 21.6 Å². The second kappa shape index (κ2) is 7.69. The van der Waals surface area contributed by atoms with Crippen LogP contribution in [0, 0.1) is 0 Å². The standard InChI is InChI=1S/C20H15F3N3O2S2/c21-20(22,23)29-19-13-17(30(27,28)25-15-7-3-1-4-8-15)11-12-18(19)24-14-26(29)16-9-5-2-6-10-16/h1-14,25H/q+1. The molecule has 30 heavy (non-hydrogen) atoms. The maximum atomic E-state index is 14.1. The maximum Gasteiger partial charge on any atom is 0.606 e. The van der Waals surface area contributed by atoms with Crippen molar-refractivity contribution in [3.05, 3.63) is 78.9 Å². The number of hydrogen-bond acceptors (Lipinski definition) is 4. The Morgan fingerprint density at radius 1 is 0.900 bits per heavy atom. The molecule has 4 rings (SSSR count). The molecule has 1 aliphatic rings. The van der Waals surface area contributed by atoms with Crippen LogP contribution in [0.1, 0.15) is 0 Å². The second-order valence-electron chi connectivity index (χ2n) is 6.24. The van der Waals surface area contributed by atoms with Crippen LogP contribution in [0.25, 0.3) is 0 Å². The predicted molar refractivity (Wildman–Crippen MR) is 112 cm³/mol. The summed E-state index contributed by atoms with van der Waals surface area (Å²) in [6, 6.07) is 19.8. The number of nitrogens with one attached hydrogen (secondary N) is 1. The third-order valence-corrected chi connectivity index (χ3v) is 7.46. The van der Waals surface area contributed by atoms with Crippen LogP contribution in [0.5, 0.6) is 0 Å². The first kappa shape index (κ1) is 20.3. The molecule has 10 heteroatoms. The fourth-order valence-corrected chi connectivity index (χ4v) is 5.77. The van der Waals surface area contributed by atoms with E-state index >= 15 is 0 Å². The van der Waals surface area contributed by atoms with Gasteiger partial charge in [0.2, 0.25) is 4.90 Å². The summed E-state index contributed by atoms with van der Waals surface area (Å²) in [5.41, 5.74) is -3.93. The van der Waals surface area contributed by atoms with Crippen LogP contribution < -0.4 is 9.03 Å². The summed E-state index contributed by atoms with van der Waals surface area (Å²) in [5, 5.41) is 0. The molecular weight excluding hydrogens is 435 g/mol. The van der Waals surface area contributed by atoms with Crippen LogP contribution in [0.15, 0.2) is 93.6 Å². The minimum atomic E-state index is -4.63. The van der Waals surface area contributed by atoms with Crippen molar-refractivity contribution in [3.63, 3.8) is 0 Å². The summed E-state index contributed by atoms with van der Waals surface area (Å²) in [6.07, 6.45) is 1.13. The number of fused-ring (bicyclic) bond motifs is 1. The highest BCUT2D eigenvalue weighted by Crippen LogP contribution is 2.44. The first-order chi connectivity index (χ1) is 14.3. The number of benzene rings is 3. The number of aliphatic imine (C=N–C) groups is 1. The van der Waals surface area contributed by atoms with Gasteiger partial charge in [-0.1, -0.05) is 36.4 Å². The van der Waals surface area contributed by atoms with Crippen molar-refractivity contribution in [2.24, 2.45) is 4.99 Å². The fourth-order valence-electron chi connectivity index (χ4n) is 2.89. The molecule has 0 amide bonds. The van der Waals surface area contributed by atoms with Gasteiger partial charge in [0.05, 0.1) is 10.6 Å². The van der Waals surface area contributed by atoms with Gasteiger partial charge in [0.15, 0.2) is 0 Å². The van der Waals surface area contributed by atoms with Crippen LogP contribution in [0.3, 0.4) is 0 Å². The molecular formula is C20H15F3N3O2S2+. The largest absolute Gasteiger partial charge is 0.606 e.